The average Bonchev–Trinajstić information content (AvgIpc) is 2.08. The quantitative estimate of drug-likeness (QED) is 0.636. The van der Waals surface area contributed by atoms with Crippen LogP contribution in [0.4, 0.5) is 0 Å². The van der Waals surface area contributed by atoms with Crippen LogP contribution < -0.4 is 4.72 Å². The van der Waals surface area contributed by atoms with E-state index in [0.717, 1.165) is 12.7 Å². The zero-order chi connectivity index (χ0) is 12.4. The van der Waals surface area contributed by atoms with E-state index in [-0.39, 0.29) is 6.54 Å². The molecule has 0 saturated heterocycles. The van der Waals surface area contributed by atoms with E-state index in [4.69, 9.17) is 0 Å². The van der Waals surface area contributed by atoms with Crippen molar-refractivity contribution in [3.05, 3.63) is 0 Å². The molecule has 1 rings (SSSR count). The third kappa shape index (κ3) is 4.77. The lowest BCUT2D eigenvalue weighted by Gasteiger charge is -2.36. The molecule has 16 heavy (non-hydrogen) atoms. The van der Waals surface area contributed by atoms with Crippen molar-refractivity contribution in [1.82, 2.24) is 4.72 Å². The van der Waals surface area contributed by atoms with Gasteiger partial charge in [0.1, 0.15) is 9.84 Å². The predicted molar refractivity (Wildman–Crippen MR) is 60.3 cm³/mol. The van der Waals surface area contributed by atoms with Gasteiger partial charge in [0.25, 0.3) is 0 Å². The Morgan fingerprint density at radius 1 is 1.19 bits per heavy atom. The molecule has 1 aliphatic rings. The van der Waals surface area contributed by atoms with Gasteiger partial charge in [-0.1, -0.05) is 0 Å². The molecule has 0 atom stereocenters. The molecule has 0 aromatic carbocycles. The number of aliphatic hydroxyl groups is 1. The van der Waals surface area contributed by atoms with Gasteiger partial charge in [-0.05, 0) is 19.3 Å². The van der Waals surface area contributed by atoms with Crippen molar-refractivity contribution in [2.75, 3.05) is 24.3 Å². The van der Waals surface area contributed by atoms with Crippen molar-refractivity contribution in [1.29, 1.82) is 0 Å². The molecule has 1 saturated carbocycles. The van der Waals surface area contributed by atoms with E-state index < -0.39 is 37.0 Å². The molecule has 0 amide bonds. The van der Waals surface area contributed by atoms with Crippen LogP contribution in [-0.2, 0) is 19.9 Å². The first-order valence-corrected chi connectivity index (χ1v) is 8.71. The van der Waals surface area contributed by atoms with Gasteiger partial charge in [0.15, 0.2) is 0 Å². The van der Waals surface area contributed by atoms with E-state index in [1.807, 2.05) is 0 Å². The number of rotatable bonds is 6. The molecule has 96 valence electrons. The number of hydrogen-bond donors (Lipinski definition) is 2. The Balaban J connectivity index is 2.40. The standard InChI is InChI=1S/C8H17NO5S2/c1-15(11,12)5-6-16(13,14)9-7-8(10)3-2-4-8/h9-10H,2-7H2,1H3. The first kappa shape index (κ1) is 13.9. The van der Waals surface area contributed by atoms with E-state index in [0.29, 0.717) is 12.8 Å². The molecule has 0 aromatic rings. The summed E-state index contributed by atoms with van der Waals surface area (Å²) in [5.74, 6) is -0.858. The fraction of sp³-hybridized carbons (Fsp3) is 1.00. The Hall–Kier alpha value is -0.180. The molecular formula is C8H17NO5S2. The van der Waals surface area contributed by atoms with Crippen molar-refractivity contribution >= 4 is 19.9 Å². The van der Waals surface area contributed by atoms with Crippen molar-refractivity contribution in [2.24, 2.45) is 0 Å². The van der Waals surface area contributed by atoms with Gasteiger partial charge in [-0.25, -0.2) is 21.6 Å². The van der Waals surface area contributed by atoms with Crippen LogP contribution in [0.15, 0.2) is 0 Å². The summed E-state index contributed by atoms with van der Waals surface area (Å²) in [6.07, 6.45) is 3.05. The Morgan fingerprint density at radius 3 is 2.12 bits per heavy atom. The maximum absolute atomic E-state index is 11.4. The normalized spacial score (nSPS) is 20.4. The van der Waals surface area contributed by atoms with Crippen LogP contribution >= 0.6 is 0 Å². The smallest absolute Gasteiger partial charge is 0.212 e. The molecule has 2 N–H and O–H groups in total. The van der Waals surface area contributed by atoms with Crippen LogP contribution in [-0.4, -0.2) is 51.8 Å². The molecule has 0 aliphatic heterocycles. The minimum atomic E-state index is -3.61. The number of hydrogen-bond acceptors (Lipinski definition) is 5. The van der Waals surface area contributed by atoms with Crippen LogP contribution in [0.2, 0.25) is 0 Å². The first-order chi connectivity index (χ1) is 7.12. The van der Waals surface area contributed by atoms with Crippen molar-refractivity contribution in [3.63, 3.8) is 0 Å². The highest BCUT2D eigenvalue weighted by atomic mass is 32.2. The number of sulfone groups is 1. The van der Waals surface area contributed by atoms with Gasteiger partial charge in [0, 0.05) is 12.8 Å². The summed E-state index contributed by atoms with van der Waals surface area (Å²) < 4.78 is 46.6. The lowest BCUT2D eigenvalue weighted by atomic mass is 9.81. The minimum Gasteiger partial charge on any atom is -0.389 e. The largest absolute Gasteiger partial charge is 0.389 e. The highest BCUT2D eigenvalue weighted by Crippen LogP contribution is 2.30. The Kier molecular flexibility index (Phi) is 3.99. The summed E-state index contributed by atoms with van der Waals surface area (Å²) in [6, 6.07) is 0. The molecule has 0 radical (unpaired) electrons. The van der Waals surface area contributed by atoms with Crippen molar-refractivity contribution in [3.8, 4) is 0 Å². The van der Waals surface area contributed by atoms with Crippen LogP contribution in [0.5, 0.6) is 0 Å². The number of sulfonamides is 1. The summed E-state index contributed by atoms with van der Waals surface area (Å²) >= 11 is 0. The van der Waals surface area contributed by atoms with Gasteiger partial charge in [0.2, 0.25) is 10.0 Å². The summed E-state index contributed by atoms with van der Waals surface area (Å²) in [7, 11) is -6.90. The summed E-state index contributed by atoms with van der Waals surface area (Å²) in [5.41, 5.74) is -0.932. The van der Waals surface area contributed by atoms with E-state index in [1.54, 1.807) is 0 Å². The summed E-state index contributed by atoms with van der Waals surface area (Å²) in [4.78, 5) is 0. The van der Waals surface area contributed by atoms with Crippen LogP contribution in [0, 0.1) is 0 Å². The first-order valence-electron chi connectivity index (χ1n) is 4.99. The second-order valence-corrected chi connectivity index (χ2v) is 8.53. The maximum atomic E-state index is 11.4. The molecule has 1 fully saturated rings. The topological polar surface area (TPSA) is 101 Å². The molecule has 0 bridgehead atoms. The maximum Gasteiger partial charge on any atom is 0.212 e. The fourth-order valence-corrected chi connectivity index (χ4v) is 4.06. The van der Waals surface area contributed by atoms with E-state index in [1.165, 1.54) is 0 Å². The Bertz CT molecular complexity index is 435. The van der Waals surface area contributed by atoms with Gasteiger partial charge in [-0.2, -0.15) is 0 Å². The molecule has 8 heteroatoms. The lowest BCUT2D eigenvalue weighted by molar-refractivity contribution is -0.0270. The van der Waals surface area contributed by atoms with E-state index in [9.17, 15) is 21.9 Å². The van der Waals surface area contributed by atoms with E-state index in [2.05, 4.69) is 4.72 Å². The minimum absolute atomic E-state index is 0.0287. The number of nitrogens with one attached hydrogen (secondary N) is 1. The second-order valence-electron chi connectivity index (χ2n) is 4.35. The molecule has 6 nitrogen and oxygen atoms in total. The van der Waals surface area contributed by atoms with Crippen molar-refractivity contribution in [2.45, 2.75) is 24.9 Å². The summed E-state index contributed by atoms with van der Waals surface area (Å²) in [6.45, 7) is -0.0287. The average molecular weight is 271 g/mol. The molecular weight excluding hydrogens is 254 g/mol. The molecule has 0 aromatic heterocycles. The molecule has 0 unspecified atom stereocenters. The van der Waals surface area contributed by atoms with Crippen LogP contribution in [0.25, 0.3) is 0 Å². The van der Waals surface area contributed by atoms with Crippen LogP contribution in [0.3, 0.4) is 0 Å². The fourth-order valence-electron chi connectivity index (χ4n) is 1.34. The van der Waals surface area contributed by atoms with Gasteiger partial charge >= 0.3 is 0 Å². The van der Waals surface area contributed by atoms with Gasteiger partial charge < -0.3 is 5.11 Å². The summed E-state index contributed by atoms with van der Waals surface area (Å²) in [5, 5.41) is 9.66. The highest BCUT2D eigenvalue weighted by Gasteiger charge is 2.35. The Morgan fingerprint density at radius 2 is 1.75 bits per heavy atom. The zero-order valence-electron chi connectivity index (χ0n) is 9.14. The lowest BCUT2D eigenvalue weighted by Crippen LogP contribution is -2.48. The second kappa shape index (κ2) is 4.59. The third-order valence-corrected chi connectivity index (χ3v) is 5.16. The van der Waals surface area contributed by atoms with Gasteiger partial charge in [-0.15, -0.1) is 0 Å². The Labute approximate surface area is 96.0 Å². The van der Waals surface area contributed by atoms with Crippen LogP contribution in [0.1, 0.15) is 19.3 Å². The zero-order valence-corrected chi connectivity index (χ0v) is 10.8. The highest BCUT2D eigenvalue weighted by molar-refractivity contribution is 7.93. The van der Waals surface area contributed by atoms with Gasteiger partial charge in [0.05, 0.1) is 17.1 Å². The predicted octanol–water partition coefficient (Wildman–Crippen LogP) is -1.13. The SMILES string of the molecule is CS(=O)(=O)CCS(=O)(=O)NCC1(O)CCC1. The van der Waals surface area contributed by atoms with Crippen molar-refractivity contribution < 1.29 is 21.9 Å². The molecule has 1 aliphatic carbocycles. The third-order valence-electron chi connectivity index (χ3n) is 2.63. The molecule has 0 spiro atoms. The monoisotopic (exact) mass is 271 g/mol. The van der Waals surface area contributed by atoms with Gasteiger partial charge in [-0.3, -0.25) is 0 Å². The molecule has 0 heterocycles. The van der Waals surface area contributed by atoms with E-state index >= 15 is 0 Å².